The molecule has 0 aliphatic carbocycles. The standard InChI is InChI=1S/C7H14O3/c1-5-6(9-2)3-4-7(8)10-5/h5-8H,3-4H2,1-2H3/t5-,6?,7?/m0/s1. The molecule has 0 amide bonds. The van der Waals surface area contributed by atoms with Gasteiger partial charge in [-0.3, -0.25) is 0 Å². The molecule has 0 aromatic heterocycles. The fraction of sp³-hybridized carbons (Fsp3) is 1.00. The summed E-state index contributed by atoms with van der Waals surface area (Å²) >= 11 is 0. The van der Waals surface area contributed by atoms with Gasteiger partial charge in [-0.2, -0.15) is 0 Å². The zero-order valence-corrected chi connectivity index (χ0v) is 6.41. The lowest BCUT2D eigenvalue weighted by molar-refractivity contribution is -0.198. The van der Waals surface area contributed by atoms with Gasteiger partial charge in [-0.1, -0.05) is 0 Å². The highest BCUT2D eigenvalue weighted by molar-refractivity contribution is 4.71. The van der Waals surface area contributed by atoms with Gasteiger partial charge >= 0.3 is 0 Å². The van der Waals surface area contributed by atoms with Crippen LogP contribution in [0.2, 0.25) is 0 Å². The number of methoxy groups -OCH3 is 1. The maximum atomic E-state index is 9.02. The number of aliphatic hydroxyl groups excluding tert-OH is 1. The predicted octanol–water partition coefficient (Wildman–Crippen LogP) is 0.519. The van der Waals surface area contributed by atoms with E-state index in [0.29, 0.717) is 6.42 Å². The van der Waals surface area contributed by atoms with Crippen molar-refractivity contribution in [1.29, 1.82) is 0 Å². The van der Waals surface area contributed by atoms with Gasteiger partial charge in [0, 0.05) is 13.5 Å². The number of aliphatic hydroxyl groups is 1. The zero-order valence-electron chi connectivity index (χ0n) is 6.41. The molecule has 1 N–H and O–H groups in total. The molecule has 3 atom stereocenters. The van der Waals surface area contributed by atoms with Crippen molar-refractivity contribution < 1.29 is 14.6 Å². The highest BCUT2D eigenvalue weighted by Crippen LogP contribution is 2.19. The lowest BCUT2D eigenvalue weighted by atomic mass is 10.1. The van der Waals surface area contributed by atoms with Crippen LogP contribution in [0.25, 0.3) is 0 Å². The van der Waals surface area contributed by atoms with E-state index < -0.39 is 6.29 Å². The van der Waals surface area contributed by atoms with Crippen LogP contribution in [0.15, 0.2) is 0 Å². The number of hydrogen-bond acceptors (Lipinski definition) is 3. The molecule has 2 unspecified atom stereocenters. The van der Waals surface area contributed by atoms with Crippen molar-refractivity contribution in [2.75, 3.05) is 7.11 Å². The van der Waals surface area contributed by atoms with E-state index in [1.807, 2.05) is 6.92 Å². The Bertz CT molecular complexity index is 105. The van der Waals surface area contributed by atoms with Crippen LogP contribution in [0.3, 0.4) is 0 Å². The average Bonchev–Trinajstić information content (AvgIpc) is 1.88. The Labute approximate surface area is 60.9 Å². The molecular weight excluding hydrogens is 132 g/mol. The molecule has 0 radical (unpaired) electrons. The third-order valence-electron chi connectivity index (χ3n) is 1.90. The summed E-state index contributed by atoms with van der Waals surface area (Å²) < 4.78 is 10.2. The van der Waals surface area contributed by atoms with E-state index >= 15 is 0 Å². The average molecular weight is 146 g/mol. The molecule has 1 heterocycles. The van der Waals surface area contributed by atoms with Crippen LogP contribution < -0.4 is 0 Å². The molecule has 10 heavy (non-hydrogen) atoms. The van der Waals surface area contributed by atoms with Crippen LogP contribution in [0, 0.1) is 0 Å². The molecular formula is C7H14O3. The van der Waals surface area contributed by atoms with Crippen molar-refractivity contribution in [3.05, 3.63) is 0 Å². The molecule has 0 spiro atoms. The first kappa shape index (κ1) is 7.98. The molecule has 0 bridgehead atoms. The third-order valence-corrected chi connectivity index (χ3v) is 1.90. The second-order valence-electron chi connectivity index (χ2n) is 2.65. The van der Waals surface area contributed by atoms with Crippen LogP contribution in [0.1, 0.15) is 19.8 Å². The van der Waals surface area contributed by atoms with Crippen LogP contribution in [-0.4, -0.2) is 30.7 Å². The second kappa shape index (κ2) is 3.32. The normalized spacial score (nSPS) is 41.7. The molecule has 3 heteroatoms. The molecule has 1 fully saturated rings. The summed E-state index contributed by atoms with van der Waals surface area (Å²) in [4.78, 5) is 0. The molecule has 1 aliphatic rings. The number of ether oxygens (including phenoxy) is 2. The first-order chi connectivity index (χ1) is 4.74. The van der Waals surface area contributed by atoms with Gasteiger partial charge in [-0.05, 0) is 13.3 Å². The van der Waals surface area contributed by atoms with E-state index in [2.05, 4.69) is 0 Å². The van der Waals surface area contributed by atoms with Gasteiger partial charge < -0.3 is 14.6 Å². The van der Waals surface area contributed by atoms with Crippen molar-refractivity contribution in [1.82, 2.24) is 0 Å². The van der Waals surface area contributed by atoms with Gasteiger partial charge in [0.25, 0.3) is 0 Å². The van der Waals surface area contributed by atoms with E-state index in [1.54, 1.807) is 7.11 Å². The van der Waals surface area contributed by atoms with Crippen molar-refractivity contribution in [3.8, 4) is 0 Å². The Hall–Kier alpha value is -0.120. The van der Waals surface area contributed by atoms with Gasteiger partial charge in [0.2, 0.25) is 0 Å². The second-order valence-corrected chi connectivity index (χ2v) is 2.65. The van der Waals surface area contributed by atoms with E-state index in [-0.39, 0.29) is 12.2 Å². The van der Waals surface area contributed by atoms with Gasteiger partial charge in [0.15, 0.2) is 6.29 Å². The SMILES string of the molecule is COC1CCC(O)O[C@H]1C. The quantitative estimate of drug-likeness (QED) is 0.586. The first-order valence-electron chi connectivity index (χ1n) is 3.60. The molecule has 0 aromatic rings. The Morgan fingerprint density at radius 1 is 1.50 bits per heavy atom. The van der Waals surface area contributed by atoms with Gasteiger partial charge in [0.05, 0.1) is 12.2 Å². The van der Waals surface area contributed by atoms with Crippen LogP contribution in [0.5, 0.6) is 0 Å². The maximum absolute atomic E-state index is 9.02. The van der Waals surface area contributed by atoms with Crippen molar-refractivity contribution in [3.63, 3.8) is 0 Å². The lowest BCUT2D eigenvalue weighted by Gasteiger charge is -2.30. The fourth-order valence-electron chi connectivity index (χ4n) is 1.25. The van der Waals surface area contributed by atoms with Crippen LogP contribution >= 0.6 is 0 Å². The Kier molecular flexibility index (Phi) is 2.65. The minimum atomic E-state index is -0.582. The Balaban J connectivity index is 2.36. The molecule has 1 aliphatic heterocycles. The first-order valence-corrected chi connectivity index (χ1v) is 3.60. The summed E-state index contributed by atoms with van der Waals surface area (Å²) in [6.07, 6.45) is 1.17. The summed E-state index contributed by atoms with van der Waals surface area (Å²) in [6.45, 7) is 1.91. The van der Waals surface area contributed by atoms with E-state index in [0.717, 1.165) is 6.42 Å². The van der Waals surface area contributed by atoms with Crippen LogP contribution in [0.4, 0.5) is 0 Å². The van der Waals surface area contributed by atoms with Crippen molar-refractivity contribution in [2.24, 2.45) is 0 Å². The summed E-state index contributed by atoms with van der Waals surface area (Å²) in [5, 5.41) is 9.02. The summed E-state index contributed by atoms with van der Waals surface area (Å²) in [6, 6.07) is 0. The molecule has 0 aromatic carbocycles. The zero-order chi connectivity index (χ0) is 7.56. The smallest absolute Gasteiger partial charge is 0.155 e. The highest BCUT2D eigenvalue weighted by atomic mass is 16.6. The monoisotopic (exact) mass is 146 g/mol. The topological polar surface area (TPSA) is 38.7 Å². The molecule has 1 rings (SSSR count). The number of hydrogen-bond donors (Lipinski definition) is 1. The molecule has 1 saturated heterocycles. The van der Waals surface area contributed by atoms with E-state index in [9.17, 15) is 0 Å². The molecule has 60 valence electrons. The minimum Gasteiger partial charge on any atom is -0.379 e. The molecule has 0 saturated carbocycles. The van der Waals surface area contributed by atoms with Crippen molar-refractivity contribution >= 4 is 0 Å². The third kappa shape index (κ3) is 1.68. The lowest BCUT2D eigenvalue weighted by Crippen LogP contribution is -2.37. The summed E-state index contributed by atoms with van der Waals surface area (Å²) in [5.41, 5.74) is 0. The maximum Gasteiger partial charge on any atom is 0.155 e. The largest absolute Gasteiger partial charge is 0.379 e. The van der Waals surface area contributed by atoms with Crippen molar-refractivity contribution in [2.45, 2.75) is 38.3 Å². The van der Waals surface area contributed by atoms with Gasteiger partial charge in [0.1, 0.15) is 0 Å². The fourth-order valence-corrected chi connectivity index (χ4v) is 1.25. The van der Waals surface area contributed by atoms with E-state index in [4.69, 9.17) is 14.6 Å². The predicted molar refractivity (Wildman–Crippen MR) is 36.6 cm³/mol. The van der Waals surface area contributed by atoms with Crippen LogP contribution in [-0.2, 0) is 9.47 Å². The van der Waals surface area contributed by atoms with Gasteiger partial charge in [-0.25, -0.2) is 0 Å². The highest BCUT2D eigenvalue weighted by Gasteiger charge is 2.26. The van der Waals surface area contributed by atoms with E-state index in [1.165, 1.54) is 0 Å². The summed E-state index contributed by atoms with van der Waals surface area (Å²) in [5.74, 6) is 0. The summed E-state index contributed by atoms with van der Waals surface area (Å²) in [7, 11) is 1.67. The van der Waals surface area contributed by atoms with Gasteiger partial charge in [-0.15, -0.1) is 0 Å². The Morgan fingerprint density at radius 3 is 2.70 bits per heavy atom. The minimum absolute atomic E-state index is 0.0220. The molecule has 3 nitrogen and oxygen atoms in total. The Morgan fingerprint density at radius 2 is 2.20 bits per heavy atom. The number of rotatable bonds is 1.